The summed E-state index contributed by atoms with van der Waals surface area (Å²) >= 11 is 6.12. The van der Waals surface area contributed by atoms with Crippen LogP contribution in [0.25, 0.3) is 0 Å². The number of aromatic nitrogens is 1. The summed E-state index contributed by atoms with van der Waals surface area (Å²) < 4.78 is 0. The summed E-state index contributed by atoms with van der Waals surface area (Å²) in [5, 5.41) is 6.61. The average molecular weight is 359 g/mol. The van der Waals surface area contributed by atoms with Crippen LogP contribution < -0.4 is 15.5 Å². The van der Waals surface area contributed by atoms with E-state index in [-0.39, 0.29) is 6.03 Å². The Morgan fingerprint density at radius 2 is 2.08 bits per heavy atom. The van der Waals surface area contributed by atoms with Crippen molar-refractivity contribution < 1.29 is 4.79 Å². The molecule has 2 aromatic rings. The molecule has 1 unspecified atom stereocenters. The largest absolute Gasteiger partial charge is 0.371 e. The molecule has 1 aliphatic heterocycles. The zero-order valence-electron chi connectivity index (χ0n) is 14.3. The molecule has 1 atom stereocenters. The summed E-state index contributed by atoms with van der Waals surface area (Å²) in [4.78, 5) is 18.3. The lowest BCUT2D eigenvalue weighted by molar-refractivity contribution is 0.239. The monoisotopic (exact) mass is 358 g/mol. The fourth-order valence-electron chi connectivity index (χ4n) is 3.12. The Morgan fingerprint density at radius 1 is 1.28 bits per heavy atom. The van der Waals surface area contributed by atoms with Gasteiger partial charge in [-0.3, -0.25) is 4.98 Å². The molecular formula is C19H23ClN4O. The number of nitrogens with one attached hydrogen (secondary N) is 2. The summed E-state index contributed by atoms with van der Waals surface area (Å²) in [7, 11) is 0. The Balaban J connectivity index is 1.44. The third-order valence-electron chi connectivity index (χ3n) is 4.55. The first-order valence-corrected chi connectivity index (χ1v) is 8.91. The lowest BCUT2D eigenvalue weighted by Crippen LogP contribution is -2.38. The average Bonchev–Trinajstić information content (AvgIpc) is 3.10. The van der Waals surface area contributed by atoms with Crippen molar-refractivity contribution in [3.8, 4) is 0 Å². The van der Waals surface area contributed by atoms with Crippen molar-refractivity contribution in [3.63, 3.8) is 0 Å². The first-order valence-electron chi connectivity index (χ1n) is 8.53. The van der Waals surface area contributed by atoms with Crippen molar-refractivity contribution in [3.05, 3.63) is 58.9 Å². The number of halogens is 1. The van der Waals surface area contributed by atoms with Gasteiger partial charge in [-0.05, 0) is 54.7 Å². The minimum Gasteiger partial charge on any atom is -0.371 e. The van der Waals surface area contributed by atoms with Gasteiger partial charge in [-0.25, -0.2) is 4.79 Å². The minimum atomic E-state index is -0.130. The van der Waals surface area contributed by atoms with Crippen molar-refractivity contribution in [2.45, 2.75) is 19.9 Å². The number of anilines is 1. The second-order valence-corrected chi connectivity index (χ2v) is 6.89. The van der Waals surface area contributed by atoms with Gasteiger partial charge in [0.05, 0.1) is 0 Å². The van der Waals surface area contributed by atoms with Crippen molar-refractivity contribution in [1.82, 2.24) is 15.6 Å². The van der Waals surface area contributed by atoms with E-state index in [1.807, 2.05) is 24.3 Å². The highest BCUT2D eigenvalue weighted by molar-refractivity contribution is 6.30. The van der Waals surface area contributed by atoms with Gasteiger partial charge in [-0.15, -0.1) is 0 Å². The van der Waals surface area contributed by atoms with Gasteiger partial charge in [0.25, 0.3) is 0 Å². The van der Waals surface area contributed by atoms with Gasteiger partial charge in [0.2, 0.25) is 0 Å². The quantitative estimate of drug-likeness (QED) is 0.861. The minimum absolute atomic E-state index is 0.130. The fourth-order valence-corrected chi connectivity index (χ4v) is 3.29. The van der Waals surface area contributed by atoms with Crippen LogP contribution in [0.1, 0.15) is 17.5 Å². The van der Waals surface area contributed by atoms with Gasteiger partial charge < -0.3 is 15.5 Å². The van der Waals surface area contributed by atoms with Gasteiger partial charge in [0.15, 0.2) is 0 Å². The number of hydrogen-bond donors (Lipinski definition) is 2. The number of urea groups is 1. The summed E-state index contributed by atoms with van der Waals surface area (Å²) in [6, 6.07) is 9.64. The fraction of sp³-hybridized carbons (Fsp3) is 0.368. The standard InChI is InChI=1S/C19H23ClN4O/c1-14-2-3-17(20)10-18(14)24-9-6-16(13-24)12-23-19(25)22-11-15-4-7-21-8-5-15/h2-5,7-8,10,16H,6,9,11-13H2,1H3,(H2,22,23,25). The van der Waals surface area contributed by atoms with Crippen LogP contribution in [0.4, 0.5) is 10.5 Å². The molecule has 2 heterocycles. The third-order valence-corrected chi connectivity index (χ3v) is 4.79. The third kappa shape index (κ3) is 4.86. The van der Waals surface area contributed by atoms with Crippen LogP contribution in [-0.2, 0) is 6.54 Å². The van der Waals surface area contributed by atoms with Crippen LogP contribution >= 0.6 is 11.6 Å². The lowest BCUT2D eigenvalue weighted by atomic mass is 10.1. The van der Waals surface area contributed by atoms with Gasteiger partial charge in [0, 0.05) is 49.3 Å². The zero-order chi connectivity index (χ0) is 17.6. The van der Waals surface area contributed by atoms with Crippen LogP contribution in [0.3, 0.4) is 0 Å². The molecule has 1 aromatic heterocycles. The molecule has 1 fully saturated rings. The Labute approximate surface area is 153 Å². The summed E-state index contributed by atoms with van der Waals surface area (Å²) in [6.45, 7) is 5.22. The van der Waals surface area contributed by atoms with E-state index in [9.17, 15) is 4.79 Å². The number of pyridine rings is 1. The Hall–Kier alpha value is -2.27. The molecule has 5 nitrogen and oxygen atoms in total. The van der Waals surface area contributed by atoms with Crippen LogP contribution in [0.15, 0.2) is 42.7 Å². The zero-order valence-corrected chi connectivity index (χ0v) is 15.1. The molecule has 6 heteroatoms. The van der Waals surface area contributed by atoms with Crippen molar-refractivity contribution in [1.29, 1.82) is 0 Å². The molecule has 0 bridgehead atoms. The summed E-state index contributed by atoms with van der Waals surface area (Å²) in [6.07, 6.45) is 4.51. The Morgan fingerprint density at radius 3 is 2.88 bits per heavy atom. The number of carbonyl (C=O) groups excluding carboxylic acids is 1. The molecular weight excluding hydrogens is 336 g/mol. The van der Waals surface area contributed by atoms with Crippen LogP contribution in [0.5, 0.6) is 0 Å². The Bertz CT molecular complexity index is 723. The molecule has 1 aliphatic rings. The SMILES string of the molecule is Cc1ccc(Cl)cc1N1CCC(CNC(=O)NCc2ccncc2)C1. The predicted molar refractivity (Wildman–Crippen MR) is 101 cm³/mol. The van der Waals surface area contributed by atoms with Crippen LogP contribution in [-0.4, -0.2) is 30.6 Å². The summed E-state index contributed by atoms with van der Waals surface area (Å²) in [5.74, 6) is 0.449. The molecule has 132 valence electrons. The highest BCUT2D eigenvalue weighted by Crippen LogP contribution is 2.29. The molecule has 3 rings (SSSR count). The van der Waals surface area contributed by atoms with E-state index in [1.165, 1.54) is 11.3 Å². The number of aryl methyl sites for hydroxylation is 1. The highest BCUT2D eigenvalue weighted by Gasteiger charge is 2.24. The highest BCUT2D eigenvalue weighted by atomic mass is 35.5. The van der Waals surface area contributed by atoms with E-state index in [0.29, 0.717) is 19.0 Å². The maximum Gasteiger partial charge on any atom is 0.315 e. The molecule has 2 amide bonds. The number of benzene rings is 1. The van der Waals surface area contributed by atoms with Crippen LogP contribution in [0, 0.1) is 12.8 Å². The van der Waals surface area contributed by atoms with Gasteiger partial charge >= 0.3 is 6.03 Å². The van der Waals surface area contributed by atoms with E-state index in [2.05, 4.69) is 33.5 Å². The van der Waals surface area contributed by atoms with Crippen LogP contribution in [0.2, 0.25) is 5.02 Å². The van der Waals surface area contributed by atoms with Gasteiger partial charge in [-0.2, -0.15) is 0 Å². The van der Waals surface area contributed by atoms with E-state index in [0.717, 1.165) is 30.1 Å². The van der Waals surface area contributed by atoms with Crippen molar-refractivity contribution in [2.24, 2.45) is 5.92 Å². The maximum atomic E-state index is 12.0. The number of amides is 2. The second kappa shape index (κ2) is 8.21. The van der Waals surface area contributed by atoms with E-state index >= 15 is 0 Å². The first kappa shape index (κ1) is 17.5. The van der Waals surface area contributed by atoms with E-state index in [4.69, 9.17) is 11.6 Å². The number of rotatable bonds is 5. The Kier molecular flexibility index (Phi) is 5.76. The molecule has 1 saturated heterocycles. The van der Waals surface area contributed by atoms with Crippen molar-refractivity contribution >= 4 is 23.3 Å². The number of carbonyl (C=O) groups is 1. The van der Waals surface area contributed by atoms with E-state index in [1.54, 1.807) is 12.4 Å². The lowest BCUT2D eigenvalue weighted by Gasteiger charge is -2.21. The molecule has 0 saturated carbocycles. The van der Waals surface area contributed by atoms with Gasteiger partial charge in [-0.1, -0.05) is 17.7 Å². The maximum absolute atomic E-state index is 12.0. The summed E-state index contributed by atoms with van der Waals surface area (Å²) in [5.41, 5.74) is 3.46. The topological polar surface area (TPSA) is 57.3 Å². The number of hydrogen-bond acceptors (Lipinski definition) is 3. The molecule has 0 aliphatic carbocycles. The normalized spacial score (nSPS) is 16.7. The molecule has 2 N–H and O–H groups in total. The van der Waals surface area contributed by atoms with Crippen molar-refractivity contribution in [2.75, 3.05) is 24.5 Å². The predicted octanol–water partition coefficient (Wildman–Crippen LogP) is 3.37. The smallest absolute Gasteiger partial charge is 0.315 e. The second-order valence-electron chi connectivity index (χ2n) is 6.45. The molecule has 25 heavy (non-hydrogen) atoms. The molecule has 0 spiro atoms. The van der Waals surface area contributed by atoms with E-state index < -0.39 is 0 Å². The first-order chi connectivity index (χ1) is 12.1. The molecule has 0 radical (unpaired) electrons. The van der Waals surface area contributed by atoms with Gasteiger partial charge in [0.1, 0.15) is 0 Å². The molecule has 1 aromatic carbocycles. The number of nitrogens with zero attached hydrogens (tertiary/aromatic N) is 2.